The maximum atomic E-state index is 2.47. The molecule has 1 heterocycles. The first kappa shape index (κ1) is 5.08. The lowest BCUT2D eigenvalue weighted by atomic mass is 10.8. The van der Waals surface area contributed by atoms with Gasteiger partial charge in [-0.15, -0.1) is 0 Å². The van der Waals surface area contributed by atoms with Crippen LogP contribution in [-0.2, 0) is 0 Å². The maximum absolute atomic E-state index is 2.47. The van der Waals surface area contributed by atoms with Crippen LogP contribution in [0.4, 0.5) is 0 Å². The molecular formula is C4H4I2. The highest BCUT2D eigenvalue weighted by Gasteiger charge is 1.66. The molecule has 0 spiro atoms. The Hall–Kier alpha value is 0.940. The van der Waals surface area contributed by atoms with Gasteiger partial charge >= 0.3 is 0 Å². The van der Waals surface area contributed by atoms with Gasteiger partial charge in [0.15, 0.2) is 0 Å². The molecule has 0 aromatic rings. The third kappa shape index (κ3) is 1.59. The Morgan fingerprint density at radius 3 is 2.33 bits per heavy atom. The fourth-order valence-electron chi connectivity index (χ4n) is 0.194. The lowest BCUT2D eigenvalue weighted by Gasteiger charge is -1.75. The molecule has 0 atom stereocenters. The van der Waals surface area contributed by atoms with Crippen LogP contribution >= 0.6 is 41.5 Å². The van der Waals surface area contributed by atoms with Crippen molar-refractivity contribution >= 4 is 47.5 Å². The minimum absolute atomic E-state index is 0.427. The van der Waals surface area contributed by atoms with E-state index < -0.39 is 0 Å². The molecule has 0 bridgehead atoms. The molecule has 0 nitrogen and oxygen atoms in total. The van der Waals surface area contributed by atoms with Crippen molar-refractivity contribution in [3.8, 4) is 0 Å². The Morgan fingerprint density at radius 2 is 2.17 bits per heavy atom. The summed E-state index contributed by atoms with van der Waals surface area (Å²) in [7, 11) is 0. The smallest absolute Gasteiger partial charge is 0.00469 e. The molecule has 34 valence electrons. The summed E-state index contributed by atoms with van der Waals surface area (Å²) in [6.45, 7) is 0. The van der Waals surface area contributed by atoms with Gasteiger partial charge in [-0.3, -0.25) is 0 Å². The predicted molar refractivity (Wildman–Crippen MR) is 49.3 cm³/mol. The molecule has 1 aliphatic rings. The van der Waals surface area contributed by atoms with Crippen molar-refractivity contribution in [3.05, 3.63) is 10.2 Å². The van der Waals surface area contributed by atoms with Gasteiger partial charge < -0.3 is 0 Å². The third-order valence-electron chi connectivity index (χ3n) is 0.386. The zero-order valence-electron chi connectivity index (χ0n) is 3.07. The molecule has 2 heteroatoms. The second-order valence-electron chi connectivity index (χ2n) is 0.779. The van der Waals surface area contributed by atoms with Gasteiger partial charge in [-0.25, -0.2) is 0 Å². The van der Waals surface area contributed by atoms with Gasteiger partial charge in [-0.1, -0.05) is 47.5 Å². The van der Waals surface area contributed by atoms with E-state index in [1.807, 2.05) is 0 Å². The SMILES string of the molecule is C1=CI=CI=C1. The normalized spacial score (nSPS) is 18.7. The molecule has 0 amide bonds. The Morgan fingerprint density at radius 1 is 1.17 bits per heavy atom. The topological polar surface area (TPSA) is 0 Å². The summed E-state index contributed by atoms with van der Waals surface area (Å²) in [5, 5.41) is 0. The van der Waals surface area contributed by atoms with Crippen LogP contribution in [0.25, 0.3) is 0 Å². The number of halogens is 2. The molecule has 0 aromatic carbocycles. The Labute approximate surface area is 57.1 Å². The number of rotatable bonds is 0. The Balaban J connectivity index is 2.77. The summed E-state index contributed by atoms with van der Waals surface area (Å²) in [6.07, 6.45) is 2.21. The van der Waals surface area contributed by atoms with E-state index in [4.69, 9.17) is 0 Å². The molecule has 6 heavy (non-hydrogen) atoms. The van der Waals surface area contributed by atoms with Crippen LogP contribution in [0.1, 0.15) is 0 Å². The first-order valence-corrected chi connectivity index (χ1v) is 6.52. The van der Waals surface area contributed by atoms with Crippen molar-refractivity contribution in [2.24, 2.45) is 0 Å². The lowest BCUT2D eigenvalue weighted by molar-refractivity contribution is 2.54. The molecular weight excluding hydrogens is 302 g/mol. The number of hydrogen-bond acceptors (Lipinski definition) is 0. The molecule has 0 aromatic heterocycles. The average molecular weight is 306 g/mol. The summed E-state index contributed by atoms with van der Waals surface area (Å²) in [5.74, 6) is 0. The van der Waals surface area contributed by atoms with Crippen LogP contribution in [0.3, 0.4) is 0 Å². The summed E-state index contributed by atoms with van der Waals surface area (Å²) >= 11 is 0.854. The average Bonchev–Trinajstić information content (AvgIpc) is 1.72. The van der Waals surface area contributed by atoms with Crippen LogP contribution in [0.2, 0.25) is 0 Å². The lowest BCUT2D eigenvalue weighted by Crippen LogP contribution is -1.54. The molecule has 0 fully saturated rings. The van der Waals surface area contributed by atoms with E-state index in [0.29, 0.717) is 41.5 Å². The van der Waals surface area contributed by atoms with Gasteiger partial charge in [0.1, 0.15) is 0 Å². The van der Waals surface area contributed by atoms with E-state index in [1.165, 1.54) is 0 Å². The van der Waals surface area contributed by atoms with E-state index in [-0.39, 0.29) is 0 Å². The molecule has 1 aliphatic heterocycles. The van der Waals surface area contributed by atoms with Crippen molar-refractivity contribution in [2.45, 2.75) is 0 Å². The minimum Gasteiger partial charge on any atom is -0.0874 e. The predicted octanol–water partition coefficient (Wildman–Crippen LogP) is 2.02. The van der Waals surface area contributed by atoms with E-state index in [9.17, 15) is 0 Å². The molecule has 0 saturated carbocycles. The minimum atomic E-state index is 0.427. The van der Waals surface area contributed by atoms with Crippen molar-refractivity contribution in [1.29, 1.82) is 0 Å². The first-order chi connectivity index (χ1) is 3.00. The largest absolute Gasteiger partial charge is 0.0874 e. The molecule has 0 saturated heterocycles. The fraction of sp³-hybridized carbons (Fsp3) is 0. The van der Waals surface area contributed by atoms with E-state index >= 15 is 0 Å². The van der Waals surface area contributed by atoms with E-state index in [0.717, 1.165) is 0 Å². The summed E-state index contributed by atoms with van der Waals surface area (Å²) in [6, 6.07) is 0. The van der Waals surface area contributed by atoms with Crippen molar-refractivity contribution in [2.75, 3.05) is 0 Å². The van der Waals surface area contributed by atoms with Crippen LogP contribution in [0, 0.1) is 0 Å². The van der Waals surface area contributed by atoms with Crippen LogP contribution in [0.5, 0.6) is 0 Å². The number of hydrogen-bond donors (Lipinski definition) is 0. The molecule has 0 radical (unpaired) electrons. The van der Waals surface area contributed by atoms with Crippen molar-refractivity contribution in [3.63, 3.8) is 0 Å². The molecule has 0 aliphatic carbocycles. The van der Waals surface area contributed by atoms with Crippen molar-refractivity contribution < 1.29 is 0 Å². The maximum Gasteiger partial charge on any atom is 0.00469 e. The molecule has 0 unspecified atom stereocenters. The standard InChI is InChI=1S/C4H4I2/c1-2-5-4-6-3-1/h1-4H. The second-order valence-corrected chi connectivity index (χ2v) is 7.28. The zero-order valence-corrected chi connectivity index (χ0v) is 7.38. The fourth-order valence-corrected chi connectivity index (χ4v) is 5.51. The third-order valence-corrected chi connectivity index (χ3v) is 6.24. The van der Waals surface area contributed by atoms with Gasteiger partial charge in [-0.05, 0) is 8.09 Å². The van der Waals surface area contributed by atoms with E-state index in [2.05, 4.69) is 16.2 Å². The highest BCUT2D eigenvalue weighted by molar-refractivity contribution is 14.3. The van der Waals surface area contributed by atoms with Gasteiger partial charge in [0.2, 0.25) is 0 Å². The van der Waals surface area contributed by atoms with Gasteiger partial charge in [0.25, 0.3) is 0 Å². The summed E-state index contributed by atoms with van der Waals surface area (Å²) < 4.78 is 7.06. The quantitative estimate of drug-likeness (QED) is 0.601. The second kappa shape index (κ2) is 3.01. The zero-order chi connectivity index (χ0) is 4.24. The van der Waals surface area contributed by atoms with Gasteiger partial charge in [-0.2, -0.15) is 0 Å². The van der Waals surface area contributed by atoms with Crippen LogP contribution in [0.15, 0.2) is 10.2 Å². The monoisotopic (exact) mass is 306 g/mol. The molecule has 0 N–H and O–H groups in total. The Bertz CT molecular complexity index is 74.9. The van der Waals surface area contributed by atoms with Crippen molar-refractivity contribution in [1.82, 2.24) is 0 Å². The highest BCUT2D eigenvalue weighted by atomic mass is 127. The molecule has 1 rings (SSSR count). The first-order valence-electron chi connectivity index (χ1n) is 1.54. The van der Waals surface area contributed by atoms with Crippen LogP contribution in [-0.4, -0.2) is 6.03 Å². The van der Waals surface area contributed by atoms with Crippen LogP contribution < -0.4 is 0 Å². The highest BCUT2D eigenvalue weighted by Crippen LogP contribution is 2.07. The van der Waals surface area contributed by atoms with Gasteiger partial charge in [0.05, 0.1) is 0 Å². The summed E-state index contributed by atoms with van der Waals surface area (Å²) in [5.41, 5.74) is 0. The van der Waals surface area contributed by atoms with Gasteiger partial charge in [0, 0.05) is 2.02 Å². The van der Waals surface area contributed by atoms with E-state index in [1.54, 1.807) is 0 Å². The Kier molecular flexibility index (Phi) is 2.55. The number of allylic oxidation sites excluding steroid dienone is 1. The summed E-state index contributed by atoms with van der Waals surface area (Å²) in [4.78, 5) is 0.